The van der Waals surface area contributed by atoms with E-state index >= 15 is 0 Å². The Morgan fingerprint density at radius 2 is 2.28 bits per heavy atom. The van der Waals surface area contributed by atoms with E-state index < -0.39 is 5.97 Å². The fraction of sp³-hybridized carbons (Fsp3) is 0.385. The minimum absolute atomic E-state index is 0.206. The van der Waals surface area contributed by atoms with Gasteiger partial charge in [-0.05, 0) is 32.4 Å². The van der Waals surface area contributed by atoms with Crippen LogP contribution in [0.1, 0.15) is 41.5 Å². The van der Waals surface area contributed by atoms with Crippen molar-refractivity contribution >= 4 is 17.3 Å². The summed E-state index contributed by atoms with van der Waals surface area (Å²) in [5.74, 6) is -0.925. The number of rotatable bonds is 4. The normalized spacial score (nSPS) is 12.6. The van der Waals surface area contributed by atoms with Crippen LogP contribution in [0, 0.1) is 6.92 Å². The molecular weight excluding hydrogens is 248 g/mol. The molecule has 2 aromatic heterocycles. The lowest BCUT2D eigenvalue weighted by atomic mass is 10.2. The van der Waals surface area contributed by atoms with Gasteiger partial charge in [0, 0.05) is 17.1 Å². The Kier molecular flexibility index (Phi) is 3.52. The van der Waals surface area contributed by atoms with Crippen LogP contribution >= 0.6 is 11.3 Å². The molecule has 0 aliphatic rings. The molecule has 2 heterocycles. The first kappa shape index (κ1) is 12.8. The minimum atomic E-state index is -0.925. The molecule has 0 fully saturated rings. The Morgan fingerprint density at radius 3 is 2.78 bits per heavy atom. The zero-order valence-electron chi connectivity index (χ0n) is 10.7. The average molecular weight is 264 g/mol. The van der Waals surface area contributed by atoms with Crippen molar-refractivity contribution in [2.75, 3.05) is 0 Å². The molecule has 0 aliphatic heterocycles. The molecule has 0 saturated carbocycles. The van der Waals surface area contributed by atoms with Gasteiger partial charge in [-0.2, -0.15) is 5.10 Å². The third-order valence-electron chi connectivity index (χ3n) is 2.98. The van der Waals surface area contributed by atoms with Gasteiger partial charge in [-0.1, -0.05) is 6.92 Å². The standard InChI is InChI=1S/C13H16N2O2S/c1-4-8(2)15-7-10(13(16)17)12(14-15)11-6-5-9(3)18-11/h5-8H,4H2,1-3H3,(H,16,17). The van der Waals surface area contributed by atoms with E-state index in [1.807, 2.05) is 26.0 Å². The molecule has 0 amide bonds. The number of carboxylic acid groups (broad SMARTS) is 1. The van der Waals surface area contributed by atoms with Crippen LogP contribution in [-0.4, -0.2) is 20.9 Å². The second kappa shape index (κ2) is 4.94. The van der Waals surface area contributed by atoms with Crippen molar-refractivity contribution in [1.29, 1.82) is 0 Å². The van der Waals surface area contributed by atoms with E-state index in [1.165, 1.54) is 0 Å². The maximum absolute atomic E-state index is 11.3. The van der Waals surface area contributed by atoms with Crippen LogP contribution in [0.15, 0.2) is 18.3 Å². The van der Waals surface area contributed by atoms with Gasteiger partial charge in [-0.25, -0.2) is 4.79 Å². The predicted octanol–water partition coefficient (Wildman–Crippen LogP) is 3.59. The van der Waals surface area contributed by atoms with Gasteiger partial charge >= 0.3 is 5.97 Å². The van der Waals surface area contributed by atoms with Gasteiger partial charge < -0.3 is 5.11 Å². The third-order valence-corrected chi connectivity index (χ3v) is 3.99. The second-order valence-corrected chi connectivity index (χ2v) is 5.63. The Morgan fingerprint density at radius 1 is 1.56 bits per heavy atom. The lowest BCUT2D eigenvalue weighted by Crippen LogP contribution is -2.04. The van der Waals surface area contributed by atoms with Gasteiger partial charge in [0.1, 0.15) is 11.3 Å². The van der Waals surface area contributed by atoms with Crippen LogP contribution in [0.25, 0.3) is 10.6 Å². The lowest BCUT2D eigenvalue weighted by Gasteiger charge is -2.07. The molecule has 0 aromatic carbocycles. The average Bonchev–Trinajstić information content (AvgIpc) is 2.93. The van der Waals surface area contributed by atoms with Crippen molar-refractivity contribution < 1.29 is 9.90 Å². The van der Waals surface area contributed by atoms with Crippen molar-refractivity contribution in [2.45, 2.75) is 33.2 Å². The Labute approximate surface area is 110 Å². The molecule has 18 heavy (non-hydrogen) atoms. The number of hydrogen-bond donors (Lipinski definition) is 1. The molecule has 1 atom stereocenters. The molecule has 1 unspecified atom stereocenters. The number of hydrogen-bond acceptors (Lipinski definition) is 3. The largest absolute Gasteiger partial charge is 0.478 e. The number of aryl methyl sites for hydroxylation is 1. The number of thiophene rings is 1. The van der Waals surface area contributed by atoms with Crippen molar-refractivity contribution in [3.8, 4) is 10.6 Å². The van der Waals surface area contributed by atoms with Gasteiger partial charge in [0.2, 0.25) is 0 Å². The zero-order chi connectivity index (χ0) is 13.3. The van der Waals surface area contributed by atoms with Crippen molar-refractivity contribution in [2.24, 2.45) is 0 Å². The molecule has 5 heteroatoms. The molecule has 2 rings (SSSR count). The molecule has 0 aliphatic carbocycles. The topological polar surface area (TPSA) is 55.1 Å². The van der Waals surface area contributed by atoms with Crippen LogP contribution in [0.3, 0.4) is 0 Å². The third kappa shape index (κ3) is 2.31. The maximum atomic E-state index is 11.3. The second-order valence-electron chi connectivity index (χ2n) is 4.34. The summed E-state index contributed by atoms with van der Waals surface area (Å²) in [4.78, 5) is 13.3. The monoisotopic (exact) mass is 264 g/mol. The zero-order valence-corrected chi connectivity index (χ0v) is 11.5. The van der Waals surface area contributed by atoms with Gasteiger partial charge in [0.25, 0.3) is 0 Å². The fourth-order valence-corrected chi connectivity index (χ4v) is 2.57. The van der Waals surface area contributed by atoms with Crippen LogP contribution in [-0.2, 0) is 0 Å². The molecule has 96 valence electrons. The Hall–Kier alpha value is -1.62. The molecule has 0 saturated heterocycles. The van der Waals surface area contributed by atoms with Gasteiger partial charge in [-0.3, -0.25) is 4.68 Å². The molecule has 0 spiro atoms. The summed E-state index contributed by atoms with van der Waals surface area (Å²) in [5.41, 5.74) is 0.845. The summed E-state index contributed by atoms with van der Waals surface area (Å²) in [6.07, 6.45) is 2.55. The van der Waals surface area contributed by atoms with Crippen LogP contribution in [0.5, 0.6) is 0 Å². The highest BCUT2D eigenvalue weighted by molar-refractivity contribution is 7.15. The molecule has 0 radical (unpaired) electrons. The fourth-order valence-electron chi connectivity index (χ4n) is 1.70. The number of aromatic carboxylic acids is 1. The van der Waals surface area contributed by atoms with E-state index in [0.29, 0.717) is 5.69 Å². The van der Waals surface area contributed by atoms with Crippen LogP contribution in [0.2, 0.25) is 0 Å². The van der Waals surface area contributed by atoms with Crippen LogP contribution < -0.4 is 0 Å². The van der Waals surface area contributed by atoms with Crippen LogP contribution in [0.4, 0.5) is 0 Å². The number of nitrogens with zero attached hydrogens (tertiary/aromatic N) is 2. The SMILES string of the molecule is CCC(C)n1cc(C(=O)O)c(-c2ccc(C)s2)n1. The summed E-state index contributed by atoms with van der Waals surface area (Å²) in [6.45, 7) is 6.09. The molecule has 4 nitrogen and oxygen atoms in total. The maximum Gasteiger partial charge on any atom is 0.339 e. The first-order valence-corrected chi connectivity index (χ1v) is 6.73. The summed E-state index contributed by atoms with van der Waals surface area (Å²) >= 11 is 1.57. The van der Waals surface area contributed by atoms with E-state index in [9.17, 15) is 9.90 Å². The molecular formula is C13H16N2O2S. The molecule has 1 N–H and O–H groups in total. The minimum Gasteiger partial charge on any atom is -0.478 e. The van der Waals surface area contributed by atoms with Crippen molar-refractivity contribution in [1.82, 2.24) is 9.78 Å². The number of carbonyl (C=O) groups is 1. The summed E-state index contributed by atoms with van der Waals surface area (Å²) in [7, 11) is 0. The van der Waals surface area contributed by atoms with E-state index in [2.05, 4.69) is 12.0 Å². The highest BCUT2D eigenvalue weighted by Gasteiger charge is 2.19. The summed E-state index contributed by atoms with van der Waals surface area (Å²) in [6, 6.07) is 4.11. The smallest absolute Gasteiger partial charge is 0.339 e. The first-order chi connectivity index (χ1) is 8.52. The first-order valence-electron chi connectivity index (χ1n) is 5.92. The van der Waals surface area contributed by atoms with E-state index in [4.69, 9.17) is 0 Å². The van der Waals surface area contributed by atoms with Gasteiger partial charge in [0.05, 0.1) is 4.88 Å². The summed E-state index contributed by atoms with van der Waals surface area (Å²) in [5, 5.41) is 13.7. The van der Waals surface area contributed by atoms with Gasteiger partial charge in [0.15, 0.2) is 0 Å². The number of aromatic nitrogens is 2. The van der Waals surface area contributed by atoms with E-state index in [1.54, 1.807) is 22.2 Å². The quantitative estimate of drug-likeness (QED) is 0.918. The lowest BCUT2D eigenvalue weighted by molar-refractivity contribution is 0.0697. The van der Waals surface area contributed by atoms with Gasteiger partial charge in [-0.15, -0.1) is 11.3 Å². The van der Waals surface area contributed by atoms with Crippen molar-refractivity contribution in [3.63, 3.8) is 0 Å². The predicted molar refractivity (Wildman–Crippen MR) is 72.2 cm³/mol. The molecule has 0 bridgehead atoms. The summed E-state index contributed by atoms with van der Waals surface area (Å²) < 4.78 is 1.74. The highest BCUT2D eigenvalue weighted by atomic mass is 32.1. The van der Waals surface area contributed by atoms with E-state index in [0.717, 1.165) is 16.2 Å². The van der Waals surface area contributed by atoms with E-state index in [-0.39, 0.29) is 11.6 Å². The Balaban J connectivity index is 2.51. The highest BCUT2D eigenvalue weighted by Crippen LogP contribution is 2.30. The number of carboxylic acids is 1. The Bertz CT molecular complexity index is 571. The van der Waals surface area contributed by atoms with Crippen molar-refractivity contribution in [3.05, 3.63) is 28.8 Å². The molecule has 2 aromatic rings.